The van der Waals surface area contributed by atoms with E-state index >= 15 is 0 Å². The second-order valence-electron chi connectivity index (χ2n) is 5.93. The van der Waals surface area contributed by atoms with E-state index in [1.807, 2.05) is 0 Å². The van der Waals surface area contributed by atoms with E-state index in [2.05, 4.69) is 0 Å². The topological polar surface area (TPSA) is 138 Å². The van der Waals surface area contributed by atoms with Crippen LogP contribution in [0.25, 0.3) is 11.1 Å². The van der Waals surface area contributed by atoms with Crippen LogP contribution in [0.5, 0.6) is 11.5 Å². The number of anilines is 1. The summed E-state index contributed by atoms with van der Waals surface area (Å²) in [4.78, 5) is 11.8. The molecule has 0 atom stereocenters. The summed E-state index contributed by atoms with van der Waals surface area (Å²) in [5.41, 5.74) is 12.8. The summed E-state index contributed by atoms with van der Waals surface area (Å²) >= 11 is 5.96. The molecule has 0 bridgehead atoms. The Hall–Kier alpha value is -3.07. The standard InChI is InChI=1S/C19H16ClN3O4S/c20-12-2-1-3-13(8-12)27-14-9-16(18(21)17(10-14)19(22)24)11-4-6-15(7-5-11)28(23,25)26/h1-10H,21H2,(H2,22,24)(H2,23,25,26). The van der Waals surface area contributed by atoms with Gasteiger partial charge in [-0.05, 0) is 48.0 Å². The maximum absolute atomic E-state index is 11.8. The molecule has 144 valence electrons. The highest BCUT2D eigenvalue weighted by Gasteiger charge is 2.16. The minimum atomic E-state index is -3.83. The number of hydrogen-bond donors (Lipinski definition) is 3. The molecule has 0 aliphatic carbocycles. The van der Waals surface area contributed by atoms with Crippen LogP contribution in [0.15, 0.2) is 65.6 Å². The smallest absolute Gasteiger partial charge is 0.250 e. The van der Waals surface area contributed by atoms with Gasteiger partial charge in [0.25, 0.3) is 5.91 Å². The Kier molecular flexibility index (Phi) is 5.28. The molecule has 0 saturated carbocycles. The second-order valence-corrected chi connectivity index (χ2v) is 7.92. The summed E-state index contributed by atoms with van der Waals surface area (Å²) in [5, 5.41) is 5.60. The first kappa shape index (κ1) is 19.7. The van der Waals surface area contributed by atoms with Gasteiger partial charge in [0.2, 0.25) is 10.0 Å². The van der Waals surface area contributed by atoms with Crippen molar-refractivity contribution in [2.24, 2.45) is 10.9 Å². The number of amides is 1. The van der Waals surface area contributed by atoms with Crippen LogP contribution in [-0.4, -0.2) is 14.3 Å². The lowest BCUT2D eigenvalue weighted by Gasteiger charge is -2.14. The third kappa shape index (κ3) is 4.25. The fraction of sp³-hybridized carbons (Fsp3) is 0. The summed E-state index contributed by atoms with van der Waals surface area (Å²) in [7, 11) is -3.83. The van der Waals surface area contributed by atoms with E-state index in [-0.39, 0.29) is 16.1 Å². The molecule has 9 heteroatoms. The van der Waals surface area contributed by atoms with Crippen molar-refractivity contribution in [2.75, 3.05) is 5.73 Å². The highest BCUT2D eigenvalue weighted by Crippen LogP contribution is 2.35. The van der Waals surface area contributed by atoms with Crippen molar-refractivity contribution in [3.05, 3.63) is 71.2 Å². The lowest BCUT2D eigenvalue weighted by molar-refractivity contribution is 0.100. The SMILES string of the molecule is NC(=O)c1cc(Oc2cccc(Cl)c2)cc(-c2ccc(S(N)(=O)=O)cc2)c1N. The summed E-state index contributed by atoms with van der Waals surface area (Å²) in [6.45, 7) is 0. The van der Waals surface area contributed by atoms with Gasteiger partial charge in [0.1, 0.15) is 11.5 Å². The predicted octanol–water partition coefficient (Wildman–Crippen LogP) is 3.13. The number of benzene rings is 3. The highest BCUT2D eigenvalue weighted by atomic mass is 35.5. The first-order valence-electron chi connectivity index (χ1n) is 7.95. The van der Waals surface area contributed by atoms with Gasteiger partial charge in [-0.1, -0.05) is 29.8 Å². The van der Waals surface area contributed by atoms with Crippen molar-refractivity contribution in [3.8, 4) is 22.6 Å². The summed E-state index contributed by atoms with van der Waals surface area (Å²) in [5.74, 6) is 0.0513. The van der Waals surface area contributed by atoms with Gasteiger partial charge in [-0.2, -0.15) is 0 Å². The predicted molar refractivity (Wildman–Crippen MR) is 108 cm³/mol. The van der Waals surface area contributed by atoms with Gasteiger partial charge in [0.05, 0.1) is 16.1 Å². The summed E-state index contributed by atoms with van der Waals surface area (Å²) < 4.78 is 28.7. The molecule has 28 heavy (non-hydrogen) atoms. The van der Waals surface area contributed by atoms with Gasteiger partial charge in [0, 0.05) is 10.6 Å². The molecule has 6 N–H and O–H groups in total. The van der Waals surface area contributed by atoms with Gasteiger partial charge in [-0.3, -0.25) is 4.79 Å². The van der Waals surface area contributed by atoms with Crippen LogP contribution in [0.2, 0.25) is 5.02 Å². The number of carbonyl (C=O) groups is 1. The molecule has 0 spiro atoms. The van der Waals surface area contributed by atoms with E-state index in [0.717, 1.165) is 0 Å². The molecular weight excluding hydrogens is 402 g/mol. The number of halogens is 1. The minimum Gasteiger partial charge on any atom is -0.457 e. The van der Waals surface area contributed by atoms with Crippen LogP contribution in [0, 0.1) is 0 Å². The lowest BCUT2D eigenvalue weighted by Crippen LogP contribution is -2.14. The van der Waals surface area contributed by atoms with Crippen LogP contribution in [0.4, 0.5) is 5.69 Å². The molecule has 0 saturated heterocycles. The summed E-state index contributed by atoms with van der Waals surface area (Å²) in [6, 6.07) is 15.5. The van der Waals surface area contributed by atoms with Crippen molar-refractivity contribution >= 4 is 33.2 Å². The van der Waals surface area contributed by atoms with Crippen LogP contribution < -0.4 is 21.3 Å². The Labute approximate surface area is 166 Å². The number of sulfonamides is 1. The highest BCUT2D eigenvalue weighted by molar-refractivity contribution is 7.89. The number of nitrogen functional groups attached to an aromatic ring is 1. The van der Waals surface area contributed by atoms with E-state index in [9.17, 15) is 13.2 Å². The monoisotopic (exact) mass is 417 g/mol. The fourth-order valence-electron chi connectivity index (χ4n) is 2.62. The van der Waals surface area contributed by atoms with E-state index in [1.165, 1.54) is 30.3 Å². The molecule has 3 aromatic carbocycles. The molecular formula is C19H16ClN3O4S. The molecule has 3 aromatic rings. The molecule has 1 amide bonds. The maximum Gasteiger partial charge on any atom is 0.250 e. The van der Waals surface area contributed by atoms with Gasteiger partial charge in [-0.15, -0.1) is 0 Å². The van der Waals surface area contributed by atoms with E-state index in [4.69, 9.17) is 32.9 Å². The molecule has 0 aliphatic rings. The average molecular weight is 418 g/mol. The number of rotatable bonds is 5. The van der Waals surface area contributed by atoms with Crippen LogP contribution in [0.3, 0.4) is 0 Å². The number of nitrogens with two attached hydrogens (primary N) is 3. The zero-order valence-electron chi connectivity index (χ0n) is 14.4. The van der Waals surface area contributed by atoms with Crippen LogP contribution in [-0.2, 0) is 10.0 Å². The largest absolute Gasteiger partial charge is 0.457 e. The van der Waals surface area contributed by atoms with E-state index in [0.29, 0.717) is 27.6 Å². The van der Waals surface area contributed by atoms with Crippen molar-refractivity contribution in [1.82, 2.24) is 0 Å². The average Bonchev–Trinajstić information content (AvgIpc) is 2.62. The van der Waals surface area contributed by atoms with Crippen LogP contribution in [0.1, 0.15) is 10.4 Å². The Morgan fingerprint density at radius 1 is 0.964 bits per heavy atom. The Morgan fingerprint density at radius 3 is 2.21 bits per heavy atom. The molecule has 3 rings (SSSR count). The minimum absolute atomic E-state index is 0.0451. The summed E-state index contributed by atoms with van der Waals surface area (Å²) in [6.07, 6.45) is 0. The lowest BCUT2D eigenvalue weighted by atomic mass is 9.99. The Bertz CT molecular complexity index is 1160. The molecule has 0 aromatic heterocycles. The maximum atomic E-state index is 11.8. The zero-order valence-corrected chi connectivity index (χ0v) is 16.0. The number of primary sulfonamides is 1. The van der Waals surface area contributed by atoms with Crippen molar-refractivity contribution in [2.45, 2.75) is 4.90 Å². The van der Waals surface area contributed by atoms with Crippen molar-refractivity contribution in [3.63, 3.8) is 0 Å². The van der Waals surface area contributed by atoms with Gasteiger partial charge >= 0.3 is 0 Å². The quantitative estimate of drug-likeness (QED) is 0.547. The third-order valence-electron chi connectivity index (χ3n) is 3.94. The number of ether oxygens (including phenoxy) is 1. The number of primary amides is 1. The Balaban J connectivity index is 2.09. The van der Waals surface area contributed by atoms with Gasteiger partial charge < -0.3 is 16.2 Å². The number of carbonyl (C=O) groups excluding carboxylic acids is 1. The zero-order chi connectivity index (χ0) is 20.5. The van der Waals surface area contributed by atoms with Gasteiger partial charge in [-0.25, -0.2) is 13.6 Å². The fourth-order valence-corrected chi connectivity index (χ4v) is 3.31. The Morgan fingerprint density at radius 2 is 1.64 bits per heavy atom. The first-order chi connectivity index (χ1) is 13.1. The molecule has 0 aliphatic heterocycles. The first-order valence-corrected chi connectivity index (χ1v) is 9.87. The van der Waals surface area contributed by atoms with Crippen LogP contribution >= 0.6 is 11.6 Å². The number of hydrogen-bond acceptors (Lipinski definition) is 5. The molecule has 7 nitrogen and oxygen atoms in total. The molecule has 0 radical (unpaired) electrons. The normalized spacial score (nSPS) is 11.2. The second kappa shape index (κ2) is 7.51. The third-order valence-corrected chi connectivity index (χ3v) is 5.11. The molecule has 0 fully saturated rings. The van der Waals surface area contributed by atoms with E-state index in [1.54, 1.807) is 30.3 Å². The van der Waals surface area contributed by atoms with E-state index < -0.39 is 15.9 Å². The van der Waals surface area contributed by atoms with Gasteiger partial charge in [0.15, 0.2) is 0 Å². The molecule has 0 unspecified atom stereocenters. The van der Waals surface area contributed by atoms with Crippen molar-refractivity contribution < 1.29 is 17.9 Å². The van der Waals surface area contributed by atoms with Crippen molar-refractivity contribution in [1.29, 1.82) is 0 Å². The molecule has 0 heterocycles.